The molecule has 0 aliphatic carbocycles. The maximum atomic E-state index is 14.0. The lowest BCUT2D eigenvalue weighted by Crippen LogP contribution is -2.25. The molecule has 11 N–H and O–H groups in total. The first-order valence-corrected chi connectivity index (χ1v) is 61.3. The minimum Gasteiger partial charge on any atom is -0.490 e. The smallest absolute Gasteiger partial charge is 0.264 e. The Morgan fingerprint density at radius 2 is 0.463 bits per heavy atom. The van der Waals surface area contributed by atoms with E-state index in [0.717, 1.165) is 12.8 Å². The summed E-state index contributed by atoms with van der Waals surface area (Å²) in [6.45, 7) is 3.65. The van der Waals surface area contributed by atoms with E-state index in [0.29, 0.717) is 132 Å². The Hall–Kier alpha value is -10.7. The quantitative estimate of drug-likeness (QED) is 0.00987. The number of aromatic nitrogens is 9. The predicted octanol–water partition coefficient (Wildman–Crippen LogP) is 7.71. The fourth-order valence-corrected chi connectivity index (χ4v) is 17.8. The van der Waals surface area contributed by atoms with E-state index < -0.39 is 145 Å². The van der Waals surface area contributed by atoms with Crippen LogP contribution < -0.4 is 72.8 Å². The van der Waals surface area contributed by atoms with Gasteiger partial charge in [-0.3, -0.25) is 69.6 Å². The Morgan fingerprint density at radius 1 is 0.255 bits per heavy atom. The molecular formula is C89H134N12O40S8. The zero-order chi connectivity index (χ0) is 109. The van der Waals surface area contributed by atoms with Crippen molar-refractivity contribution in [1.29, 1.82) is 0 Å². The predicted molar refractivity (Wildman–Crippen MR) is 538 cm³/mol. The zero-order valence-corrected chi connectivity index (χ0v) is 89.3. The number of ketones is 1. The summed E-state index contributed by atoms with van der Waals surface area (Å²) < 4.78 is 335. The van der Waals surface area contributed by atoms with Crippen LogP contribution in [0.3, 0.4) is 0 Å². The van der Waals surface area contributed by atoms with Crippen molar-refractivity contribution in [3.63, 3.8) is 0 Å². The number of Topliss-reactive ketones (excluding diaryl/α,β-unsaturated/α-hetero) is 1. The van der Waals surface area contributed by atoms with Crippen molar-refractivity contribution >= 4 is 104 Å². The molecule has 0 saturated heterocycles. The van der Waals surface area contributed by atoms with Gasteiger partial charge in [0.2, 0.25) is 23.0 Å². The number of benzene rings is 4. The molecule has 60 heteroatoms. The Bertz CT molecular complexity index is 6250. The van der Waals surface area contributed by atoms with Gasteiger partial charge in [0.25, 0.3) is 98.7 Å². The summed E-state index contributed by atoms with van der Waals surface area (Å²) in [6.07, 6.45) is 13.1. The minimum atomic E-state index is -4.41. The van der Waals surface area contributed by atoms with Gasteiger partial charge in [0, 0.05) is 86.5 Å². The third kappa shape index (κ3) is 53.7. The van der Waals surface area contributed by atoms with Gasteiger partial charge in [-0.2, -0.15) is 67.3 Å². The van der Waals surface area contributed by atoms with Gasteiger partial charge in [-0.1, -0.05) is 42.3 Å². The molecule has 3 heterocycles. The lowest BCUT2D eigenvalue weighted by Gasteiger charge is -2.19. The number of rotatable bonds is 83. The van der Waals surface area contributed by atoms with E-state index in [4.69, 9.17) is 56.8 Å². The number of nitrogens with one attached hydrogen (secondary N) is 3. The summed E-state index contributed by atoms with van der Waals surface area (Å²) >= 11 is 0. The molecule has 838 valence electrons. The zero-order valence-electron chi connectivity index (χ0n) is 82.8. The molecule has 0 fully saturated rings. The fourth-order valence-electron chi connectivity index (χ4n) is 13.9. The molecule has 7 aromatic rings. The first-order chi connectivity index (χ1) is 70.5. The number of hydrogen-bond acceptors (Lipinski definition) is 38. The summed E-state index contributed by atoms with van der Waals surface area (Å²) in [7, 11) is -34.9. The van der Waals surface area contributed by atoms with Crippen LogP contribution in [0.5, 0.6) is 69.0 Å². The maximum Gasteiger partial charge on any atom is 0.264 e. The van der Waals surface area contributed by atoms with Crippen LogP contribution in [0.1, 0.15) is 226 Å². The second-order valence-electron chi connectivity index (χ2n) is 34.2. The number of amides is 3. The summed E-state index contributed by atoms with van der Waals surface area (Å²) in [6, 6.07) is 11.1. The van der Waals surface area contributed by atoms with E-state index >= 15 is 0 Å². The number of aryl methyl sites for hydroxylation is 6. The molecule has 0 atom stereocenters. The molecule has 0 saturated carbocycles. The van der Waals surface area contributed by atoms with E-state index in [1.165, 1.54) is 36.4 Å². The van der Waals surface area contributed by atoms with Crippen LogP contribution in [0.15, 0.2) is 67.1 Å². The second-order valence-corrected chi connectivity index (χ2v) is 46.8. The molecular weight excluding hydrogens is 2130 g/mol. The molecule has 7 rings (SSSR count). The van der Waals surface area contributed by atoms with Gasteiger partial charge < -0.3 is 72.8 Å². The van der Waals surface area contributed by atoms with Crippen LogP contribution in [-0.4, -0.2) is 317 Å². The SMILES string of the molecule is CCCCOc1c(OCCCS(=O)(=O)O)cc(C(=O)NCCCn2cc(CCCCOc3c(OCCCCc4cn(CCCNC(=O)c5cc(OCCCCCS(=O)(=O)O)c(OCCCS(=O)(=O)O)c(OCCCS(=O)(=O)O)c5)nn4)cc(C(=O)CCCC)cc3OCCCCc3cn(CCCNC(=O)c4cc(OCCCS(=O)(=O)O)c(OCCCS(=O)(=O)O)c(OCCCS(=O)(=O)O)c4)nn3)nn2)cc1OCCCS(=O)(=O)O. The van der Waals surface area contributed by atoms with Gasteiger partial charge in [0.1, 0.15) is 0 Å². The molecule has 0 aliphatic rings. The molecule has 3 aromatic heterocycles. The van der Waals surface area contributed by atoms with Gasteiger partial charge in [0.05, 0.1) is 142 Å². The highest BCUT2D eigenvalue weighted by Gasteiger charge is 2.28. The maximum absolute atomic E-state index is 14.0. The van der Waals surface area contributed by atoms with Crippen molar-refractivity contribution in [3.8, 4) is 69.0 Å². The second kappa shape index (κ2) is 63.5. The van der Waals surface area contributed by atoms with Crippen LogP contribution in [0, 0.1) is 0 Å². The minimum absolute atomic E-state index is 0.0104. The normalized spacial score (nSPS) is 12.2. The van der Waals surface area contributed by atoms with Crippen LogP contribution >= 0.6 is 0 Å². The molecule has 0 radical (unpaired) electrons. The van der Waals surface area contributed by atoms with E-state index in [1.807, 2.05) is 13.8 Å². The molecule has 149 heavy (non-hydrogen) atoms. The Balaban J connectivity index is 1.01. The average Bonchev–Trinajstić information content (AvgIpc) is 1.51. The van der Waals surface area contributed by atoms with Gasteiger partial charge >= 0.3 is 0 Å². The van der Waals surface area contributed by atoms with Gasteiger partial charge in [-0.15, -0.1) is 15.3 Å². The third-order valence-corrected chi connectivity index (χ3v) is 27.6. The number of unbranched alkanes of at least 4 members (excludes halogenated alkanes) is 7. The average molecular weight is 2270 g/mol. The Labute approximate surface area is 866 Å². The molecule has 0 aliphatic heterocycles. The van der Waals surface area contributed by atoms with E-state index in [2.05, 4.69) is 46.9 Å². The lowest BCUT2D eigenvalue weighted by atomic mass is 10.0. The van der Waals surface area contributed by atoms with Crippen LogP contribution in [0.2, 0.25) is 0 Å². The summed E-state index contributed by atoms with van der Waals surface area (Å²) in [4.78, 5) is 55.3. The molecule has 52 nitrogen and oxygen atoms in total. The standard InChI is InChI=1S/C89H134N12O40S8/c1-3-5-29-74(102)67-56-75(131-38-12-8-26-71-64-99(96-93-71)33-16-30-90-87(103)68-58-77(130-37-11-7-15-48-142(106,107)108)85(140-46-24-54-148(124,125)126)80(61-68)135-43-21-51-145(115,116)117)83(139-40-14-10-28-73-66-101(98-95-73)35-18-31-91-88(104)69-59-78(133-41-19-49-143(109,110)111)84(138-36-6-4-2)79(60-69)134-42-20-50-144(112,113)114)76(57-67)132-39-13-9-27-72-65-100(97-94-72)34-17-32-92-89(105)70-62-81(136-44-22-52-146(118,119)120)86(141-47-25-55-149(127,128)129)82(63-70)137-45-23-53-147(121,122)123/h56-66H,3-55H2,1-2H3,(H,90,103)(H,91,104)(H,92,105)(H,106,107,108)(H,109,110,111)(H,112,113,114)(H,115,116,117)(H,118,119,120)(H,121,122,123)(H,124,125,126)(H,127,128,129). The van der Waals surface area contributed by atoms with Crippen molar-refractivity contribution in [2.45, 2.75) is 207 Å². The lowest BCUT2D eigenvalue weighted by molar-refractivity contribution is 0.0943. The van der Waals surface area contributed by atoms with E-state index in [1.54, 1.807) is 44.8 Å². The van der Waals surface area contributed by atoms with Crippen LogP contribution in [0.25, 0.3) is 0 Å². The highest BCUT2D eigenvalue weighted by molar-refractivity contribution is 7.87. The number of nitrogens with zero attached hydrogens (tertiary/aromatic N) is 9. The molecule has 0 spiro atoms. The topological polar surface area (TPSA) is 742 Å². The molecule has 0 unspecified atom stereocenters. The van der Waals surface area contributed by atoms with Crippen molar-refractivity contribution in [1.82, 2.24) is 60.9 Å². The fraction of sp³-hybridized carbons (Fsp3) is 0.618. The molecule has 0 bridgehead atoms. The van der Waals surface area contributed by atoms with E-state index in [-0.39, 0.29) is 261 Å². The Morgan fingerprint density at radius 3 is 0.705 bits per heavy atom. The Kier molecular flexibility index (Phi) is 53.4. The van der Waals surface area contributed by atoms with Crippen LogP contribution in [0.4, 0.5) is 0 Å². The highest BCUT2D eigenvalue weighted by atomic mass is 32.2. The summed E-state index contributed by atoms with van der Waals surface area (Å²) in [5.41, 5.74) is 2.24. The third-order valence-electron chi connectivity index (χ3n) is 21.2. The van der Waals surface area contributed by atoms with Crippen molar-refractivity contribution < 1.29 is 180 Å². The van der Waals surface area contributed by atoms with Gasteiger partial charge in [-0.05, 0) is 203 Å². The number of carbonyl (C=O) groups excluding carboxylic acids is 4. The molecule has 3 amide bonds. The van der Waals surface area contributed by atoms with Crippen molar-refractivity contribution in [2.24, 2.45) is 0 Å². The van der Waals surface area contributed by atoms with Crippen LogP contribution in [-0.2, 0) is 120 Å². The monoisotopic (exact) mass is 2270 g/mol. The number of hydrogen-bond donors (Lipinski definition) is 11. The van der Waals surface area contributed by atoms with E-state index in [9.17, 15) is 123 Å². The first-order valence-electron chi connectivity index (χ1n) is 48.4. The summed E-state index contributed by atoms with van der Waals surface area (Å²) in [5.74, 6) is -7.13. The number of ether oxygens (including phenoxy) is 12. The van der Waals surface area contributed by atoms with Gasteiger partial charge in [0.15, 0.2) is 51.8 Å². The first kappa shape index (κ1) is 125. The van der Waals surface area contributed by atoms with Gasteiger partial charge in [-0.25, -0.2) is 0 Å². The highest BCUT2D eigenvalue weighted by Crippen LogP contribution is 2.44. The number of carbonyl (C=O) groups is 4. The summed E-state index contributed by atoms with van der Waals surface area (Å²) in [5, 5.41) is 34.3. The molecule has 4 aromatic carbocycles. The van der Waals surface area contributed by atoms with Crippen molar-refractivity contribution in [3.05, 3.63) is 106 Å². The van der Waals surface area contributed by atoms with Crippen molar-refractivity contribution in [2.75, 3.05) is 145 Å². The largest absolute Gasteiger partial charge is 0.490 e.